The summed E-state index contributed by atoms with van der Waals surface area (Å²) in [6, 6.07) is 11.3. The first-order chi connectivity index (χ1) is 10.1. The lowest BCUT2D eigenvalue weighted by molar-refractivity contribution is 0.467. The van der Waals surface area contributed by atoms with Gasteiger partial charge in [-0.1, -0.05) is 31.2 Å². The van der Waals surface area contributed by atoms with Crippen molar-refractivity contribution in [3.05, 3.63) is 60.2 Å². The smallest absolute Gasteiger partial charge is 0.143 e. The van der Waals surface area contributed by atoms with Crippen LogP contribution in [0.5, 0.6) is 5.75 Å². The quantitative estimate of drug-likeness (QED) is 0.743. The summed E-state index contributed by atoms with van der Waals surface area (Å²) in [4.78, 5) is 1.49. The van der Waals surface area contributed by atoms with Crippen molar-refractivity contribution in [2.45, 2.75) is 19.8 Å². The van der Waals surface area contributed by atoms with Gasteiger partial charge in [0.05, 0.1) is 0 Å². The predicted octanol–water partition coefficient (Wildman–Crippen LogP) is 3.72. The highest BCUT2D eigenvalue weighted by molar-refractivity contribution is 5.78. The van der Waals surface area contributed by atoms with Gasteiger partial charge in [-0.05, 0) is 36.2 Å². The van der Waals surface area contributed by atoms with Crippen molar-refractivity contribution >= 4 is 11.0 Å². The number of aromatic hydroxyl groups is 1. The molecule has 0 bridgehead atoms. The number of aryl methyl sites for hydroxylation is 1. The second-order valence-electron chi connectivity index (χ2n) is 5.22. The van der Waals surface area contributed by atoms with Gasteiger partial charge in [0.25, 0.3) is 0 Å². The Balaban J connectivity index is 2.22. The fourth-order valence-corrected chi connectivity index (χ4v) is 2.35. The van der Waals surface area contributed by atoms with Crippen LogP contribution in [0, 0.1) is 6.92 Å². The van der Waals surface area contributed by atoms with Crippen LogP contribution in [0.2, 0.25) is 0 Å². The van der Waals surface area contributed by atoms with Crippen LogP contribution in [0.4, 0.5) is 0 Å². The molecule has 4 nitrogen and oxygen atoms in total. The van der Waals surface area contributed by atoms with Crippen molar-refractivity contribution in [1.82, 2.24) is 15.0 Å². The van der Waals surface area contributed by atoms with Crippen LogP contribution in [0.25, 0.3) is 16.7 Å². The van der Waals surface area contributed by atoms with Gasteiger partial charge in [0, 0.05) is 5.92 Å². The number of benzene rings is 2. The maximum atomic E-state index is 10.0. The van der Waals surface area contributed by atoms with Crippen LogP contribution >= 0.6 is 0 Å². The molecule has 0 saturated carbocycles. The van der Waals surface area contributed by atoms with E-state index in [9.17, 15) is 5.11 Å². The Morgan fingerprint density at radius 1 is 1.24 bits per heavy atom. The van der Waals surface area contributed by atoms with E-state index in [2.05, 4.69) is 23.7 Å². The molecule has 1 aromatic heterocycles. The van der Waals surface area contributed by atoms with E-state index in [1.807, 2.05) is 43.3 Å². The number of phenolic OH excluding ortho intramolecular Hbond substituents is 1. The zero-order valence-corrected chi connectivity index (χ0v) is 12.1. The van der Waals surface area contributed by atoms with E-state index in [0.29, 0.717) is 5.69 Å². The molecule has 3 rings (SSSR count). The van der Waals surface area contributed by atoms with Crippen molar-refractivity contribution in [3.63, 3.8) is 0 Å². The molecule has 0 amide bonds. The molecule has 106 valence electrons. The fourth-order valence-electron chi connectivity index (χ4n) is 2.35. The number of allylic oxidation sites excluding steroid dienone is 1. The van der Waals surface area contributed by atoms with Gasteiger partial charge in [-0.15, -0.1) is 21.6 Å². The van der Waals surface area contributed by atoms with Crippen LogP contribution in [0.3, 0.4) is 0 Å². The minimum atomic E-state index is 0.166. The SMILES string of the molecule is C=CC(C)c1cccc2nn(-c3cc(C)ccc3O)nc12. The van der Waals surface area contributed by atoms with Crippen molar-refractivity contribution in [2.24, 2.45) is 0 Å². The molecule has 2 aromatic carbocycles. The first kappa shape index (κ1) is 13.4. The van der Waals surface area contributed by atoms with Crippen LogP contribution in [0.1, 0.15) is 24.0 Å². The van der Waals surface area contributed by atoms with E-state index in [0.717, 1.165) is 22.2 Å². The van der Waals surface area contributed by atoms with Gasteiger partial charge in [-0.25, -0.2) is 0 Å². The summed E-state index contributed by atoms with van der Waals surface area (Å²) in [7, 11) is 0. The molecular weight excluding hydrogens is 262 g/mol. The topological polar surface area (TPSA) is 50.9 Å². The number of aromatic nitrogens is 3. The van der Waals surface area contributed by atoms with Crippen LogP contribution in [-0.4, -0.2) is 20.1 Å². The molecule has 1 atom stereocenters. The standard InChI is InChI=1S/C17H17N3O/c1-4-12(3)13-6-5-7-14-17(13)19-20(18-14)15-10-11(2)8-9-16(15)21/h4-10,12,21H,1H2,2-3H3. The number of fused-ring (bicyclic) bond motifs is 1. The highest BCUT2D eigenvalue weighted by atomic mass is 16.3. The molecule has 0 fully saturated rings. The third kappa shape index (κ3) is 2.29. The summed E-state index contributed by atoms with van der Waals surface area (Å²) in [5, 5.41) is 19.0. The highest BCUT2D eigenvalue weighted by Gasteiger charge is 2.13. The van der Waals surface area contributed by atoms with Gasteiger partial charge in [0.2, 0.25) is 0 Å². The average Bonchev–Trinajstić information content (AvgIpc) is 2.92. The van der Waals surface area contributed by atoms with Crippen LogP contribution in [0.15, 0.2) is 49.1 Å². The summed E-state index contributed by atoms with van der Waals surface area (Å²) in [5.41, 5.74) is 4.36. The van der Waals surface area contributed by atoms with E-state index in [-0.39, 0.29) is 11.7 Å². The molecule has 1 N–H and O–H groups in total. The van der Waals surface area contributed by atoms with Crippen molar-refractivity contribution < 1.29 is 5.11 Å². The molecule has 4 heteroatoms. The molecule has 0 aliphatic carbocycles. The maximum Gasteiger partial charge on any atom is 0.143 e. The molecule has 0 aliphatic rings. The minimum absolute atomic E-state index is 0.166. The molecule has 0 radical (unpaired) electrons. The van der Waals surface area contributed by atoms with Gasteiger partial charge < -0.3 is 5.11 Å². The summed E-state index contributed by atoms with van der Waals surface area (Å²) in [6.45, 7) is 7.88. The normalized spacial score (nSPS) is 12.5. The summed E-state index contributed by atoms with van der Waals surface area (Å²) >= 11 is 0. The molecule has 0 aliphatic heterocycles. The van der Waals surface area contributed by atoms with Crippen molar-refractivity contribution in [3.8, 4) is 11.4 Å². The van der Waals surface area contributed by atoms with E-state index < -0.39 is 0 Å². The number of phenols is 1. The Kier molecular flexibility index (Phi) is 3.22. The Labute approximate surface area is 123 Å². The monoisotopic (exact) mass is 279 g/mol. The predicted molar refractivity (Wildman–Crippen MR) is 83.9 cm³/mol. The van der Waals surface area contributed by atoms with Gasteiger partial charge >= 0.3 is 0 Å². The van der Waals surface area contributed by atoms with Crippen molar-refractivity contribution in [1.29, 1.82) is 0 Å². The summed E-state index contributed by atoms with van der Waals surface area (Å²) in [6.07, 6.45) is 1.89. The van der Waals surface area contributed by atoms with Crippen molar-refractivity contribution in [2.75, 3.05) is 0 Å². The Morgan fingerprint density at radius 2 is 2.05 bits per heavy atom. The molecule has 3 aromatic rings. The molecule has 1 unspecified atom stereocenters. The largest absolute Gasteiger partial charge is 0.506 e. The Bertz CT molecular complexity index is 820. The number of hydrogen-bond donors (Lipinski definition) is 1. The number of nitrogens with zero attached hydrogens (tertiary/aromatic N) is 3. The molecule has 0 saturated heterocycles. The van der Waals surface area contributed by atoms with Gasteiger partial charge in [0.1, 0.15) is 22.5 Å². The lowest BCUT2D eigenvalue weighted by Crippen LogP contribution is -1.99. The number of rotatable bonds is 3. The Hall–Kier alpha value is -2.62. The molecule has 1 heterocycles. The minimum Gasteiger partial charge on any atom is -0.506 e. The lowest BCUT2D eigenvalue weighted by atomic mass is 10.0. The molecule has 0 spiro atoms. The summed E-state index contributed by atoms with van der Waals surface area (Å²) in [5.74, 6) is 0.365. The van der Waals surface area contributed by atoms with Crippen LogP contribution in [-0.2, 0) is 0 Å². The molecule has 21 heavy (non-hydrogen) atoms. The number of hydrogen-bond acceptors (Lipinski definition) is 3. The zero-order valence-electron chi connectivity index (χ0n) is 12.1. The first-order valence-electron chi connectivity index (χ1n) is 6.88. The maximum absolute atomic E-state index is 10.0. The van der Waals surface area contributed by atoms with Gasteiger partial charge in [0.15, 0.2) is 0 Å². The summed E-state index contributed by atoms with van der Waals surface area (Å²) < 4.78 is 0. The van der Waals surface area contributed by atoms with Gasteiger partial charge in [-0.3, -0.25) is 0 Å². The second kappa shape index (κ2) is 5.05. The lowest BCUT2D eigenvalue weighted by Gasteiger charge is -2.05. The van der Waals surface area contributed by atoms with E-state index in [4.69, 9.17) is 0 Å². The fraction of sp³-hybridized carbons (Fsp3) is 0.176. The third-order valence-electron chi connectivity index (χ3n) is 3.63. The van der Waals surface area contributed by atoms with E-state index >= 15 is 0 Å². The zero-order chi connectivity index (χ0) is 15.0. The Morgan fingerprint density at radius 3 is 2.81 bits per heavy atom. The van der Waals surface area contributed by atoms with Crippen LogP contribution < -0.4 is 0 Å². The first-order valence-corrected chi connectivity index (χ1v) is 6.88. The van der Waals surface area contributed by atoms with E-state index in [1.54, 1.807) is 6.07 Å². The second-order valence-corrected chi connectivity index (χ2v) is 5.22. The third-order valence-corrected chi connectivity index (χ3v) is 3.63. The van der Waals surface area contributed by atoms with E-state index in [1.165, 1.54) is 4.80 Å². The highest BCUT2D eigenvalue weighted by Crippen LogP contribution is 2.26. The molecular formula is C17H17N3O. The van der Waals surface area contributed by atoms with Gasteiger partial charge in [-0.2, -0.15) is 0 Å². The average molecular weight is 279 g/mol.